The fraction of sp³-hybridized carbons (Fsp3) is 0.955. The minimum atomic E-state index is -0.126. The number of hydrogen-bond acceptors (Lipinski definition) is 3. The van der Waals surface area contributed by atoms with E-state index >= 15 is 0 Å². The molecule has 0 bridgehead atoms. The molecule has 0 aromatic rings. The van der Waals surface area contributed by atoms with E-state index in [4.69, 9.17) is 4.74 Å². The smallest absolute Gasteiger partial charge is 0.0661 e. The molecule has 3 heteroatoms. The predicted molar refractivity (Wildman–Crippen MR) is 97.6 cm³/mol. The van der Waals surface area contributed by atoms with Gasteiger partial charge in [-0.3, -0.25) is 0 Å². The summed E-state index contributed by atoms with van der Waals surface area (Å²) in [6, 6.07) is 2.63. The van der Waals surface area contributed by atoms with Crippen molar-refractivity contribution in [3.63, 3.8) is 0 Å². The van der Waals surface area contributed by atoms with Gasteiger partial charge in [0.25, 0.3) is 0 Å². The largest absolute Gasteiger partial charge is 0.393 e. The molecule has 3 nitrogen and oxygen atoms in total. The van der Waals surface area contributed by atoms with Gasteiger partial charge in [0.1, 0.15) is 0 Å². The average molecular weight is 346 g/mol. The summed E-state index contributed by atoms with van der Waals surface area (Å²) in [7, 11) is 1.88. The van der Waals surface area contributed by atoms with Gasteiger partial charge >= 0.3 is 0 Å². The van der Waals surface area contributed by atoms with Crippen LogP contribution in [-0.4, -0.2) is 24.4 Å². The predicted octanol–water partition coefficient (Wildman–Crippen LogP) is 4.40. The molecule has 0 saturated heterocycles. The summed E-state index contributed by atoms with van der Waals surface area (Å²) in [4.78, 5) is 0. The molecule has 0 heterocycles. The highest BCUT2D eigenvalue weighted by molar-refractivity contribution is 5.15. The van der Waals surface area contributed by atoms with Crippen molar-refractivity contribution >= 4 is 0 Å². The summed E-state index contributed by atoms with van der Waals surface area (Å²) in [5.74, 6) is 3.21. The molecule has 1 N–H and O–H groups in total. The second kappa shape index (κ2) is 5.96. The molecule has 4 saturated carbocycles. The van der Waals surface area contributed by atoms with Crippen LogP contribution in [0.2, 0.25) is 0 Å². The monoisotopic (exact) mass is 345 g/mol. The van der Waals surface area contributed by atoms with Crippen molar-refractivity contribution in [2.75, 3.05) is 7.11 Å². The van der Waals surface area contributed by atoms with E-state index in [-0.39, 0.29) is 29.0 Å². The molecule has 4 aliphatic rings. The third-order valence-electron chi connectivity index (χ3n) is 9.37. The molecule has 0 amide bonds. The lowest BCUT2D eigenvalue weighted by atomic mass is 9.43. The molecule has 4 aliphatic carbocycles. The van der Waals surface area contributed by atoms with Crippen LogP contribution in [0.4, 0.5) is 0 Å². The maximum absolute atomic E-state index is 10.4. The van der Waals surface area contributed by atoms with Crippen LogP contribution in [0.5, 0.6) is 0 Å². The lowest BCUT2D eigenvalue weighted by Crippen LogP contribution is -2.60. The Kier molecular flexibility index (Phi) is 4.25. The van der Waals surface area contributed by atoms with Crippen molar-refractivity contribution in [3.05, 3.63) is 0 Å². The van der Waals surface area contributed by atoms with Crippen LogP contribution in [-0.2, 0) is 4.74 Å². The van der Waals surface area contributed by atoms with Crippen LogP contribution in [0.3, 0.4) is 0 Å². The lowest BCUT2D eigenvalue weighted by Gasteiger charge is -2.63. The summed E-state index contributed by atoms with van der Waals surface area (Å²) >= 11 is 0. The summed E-state index contributed by atoms with van der Waals surface area (Å²) in [6.07, 6.45) is 8.12. The van der Waals surface area contributed by atoms with E-state index < -0.39 is 0 Å². The summed E-state index contributed by atoms with van der Waals surface area (Å²) in [5, 5.41) is 20.1. The zero-order valence-corrected chi connectivity index (χ0v) is 16.4. The van der Waals surface area contributed by atoms with Crippen molar-refractivity contribution in [1.82, 2.24) is 0 Å². The first-order chi connectivity index (χ1) is 11.8. The number of nitriles is 1. The Morgan fingerprint density at radius 1 is 1.08 bits per heavy atom. The molecule has 4 fully saturated rings. The van der Waals surface area contributed by atoms with E-state index in [1.807, 2.05) is 7.11 Å². The zero-order chi connectivity index (χ0) is 18.0. The van der Waals surface area contributed by atoms with Gasteiger partial charge in [0, 0.05) is 7.11 Å². The Bertz CT molecular complexity index is 571. The number of fused-ring (bicyclic) bond motifs is 5. The van der Waals surface area contributed by atoms with Crippen molar-refractivity contribution in [2.24, 2.45) is 46.3 Å². The van der Waals surface area contributed by atoms with Gasteiger partial charge in [-0.2, -0.15) is 5.26 Å². The van der Waals surface area contributed by atoms with Crippen molar-refractivity contribution in [3.8, 4) is 6.07 Å². The third kappa shape index (κ3) is 2.36. The van der Waals surface area contributed by atoms with Gasteiger partial charge in [-0.15, -0.1) is 0 Å². The van der Waals surface area contributed by atoms with Crippen LogP contribution in [0.1, 0.15) is 65.7 Å². The molecule has 0 unspecified atom stereocenters. The second-order valence-corrected chi connectivity index (χ2v) is 10.3. The quantitative estimate of drug-likeness (QED) is 0.766. The number of ether oxygens (including phenoxy) is 1. The molecule has 0 aromatic heterocycles. The van der Waals surface area contributed by atoms with Crippen molar-refractivity contribution in [2.45, 2.75) is 77.9 Å². The number of rotatable bonds is 1. The van der Waals surface area contributed by atoms with Crippen molar-refractivity contribution < 1.29 is 9.84 Å². The Balaban J connectivity index is 1.71. The summed E-state index contributed by atoms with van der Waals surface area (Å²) < 4.78 is 6.13. The van der Waals surface area contributed by atoms with Crippen LogP contribution >= 0.6 is 0 Å². The average Bonchev–Trinajstić information content (AvgIpc) is 2.91. The minimum Gasteiger partial charge on any atom is -0.393 e. The van der Waals surface area contributed by atoms with Gasteiger partial charge in [-0.25, -0.2) is 0 Å². The van der Waals surface area contributed by atoms with E-state index in [1.54, 1.807) is 0 Å². The highest BCUT2D eigenvalue weighted by Gasteiger charge is 2.64. The number of aliphatic hydroxyl groups is 1. The third-order valence-corrected chi connectivity index (χ3v) is 9.37. The molecule has 0 aromatic carbocycles. The first-order valence-electron chi connectivity index (χ1n) is 10.5. The van der Waals surface area contributed by atoms with E-state index in [9.17, 15) is 10.4 Å². The number of hydrogen-bond donors (Lipinski definition) is 1. The Morgan fingerprint density at radius 2 is 1.84 bits per heavy atom. The first kappa shape index (κ1) is 17.8. The van der Waals surface area contributed by atoms with E-state index in [2.05, 4.69) is 26.8 Å². The molecular formula is C22H35NO2. The Morgan fingerprint density at radius 3 is 2.52 bits per heavy atom. The zero-order valence-electron chi connectivity index (χ0n) is 16.4. The Labute approximate surface area is 153 Å². The SMILES string of the molecule is CO[C@H]1C[C@]2(C)[C@H](C#N)CC[C@H]2[C@@H]2CC[C@H]3C[C@H](O)[C@H](C)C[C@]3(C)[C@H]21. The maximum atomic E-state index is 10.4. The molecule has 0 radical (unpaired) electrons. The van der Waals surface area contributed by atoms with E-state index in [1.165, 1.54) is 19.3 Å². The van der Waals surface area contributed by atoms with Gasteiger partial charge in [0.05, 0.1) is 24.2 Å². The number of aliphatic hydroxyl groups excluding tert-OH is 1. The van der Waals surface area contributed by atoms with Gasteiger partial charge in [0.2, 0.25) is 0 Å². The van der Waals surface area contributed by atoms with E-state index in [0.717, 1.165) is 25.7 Å². The molecule has 25 heavy (non-hydrogen) atoms. The molecule has 0 aliphatic heterocycles. The fourth-order valence-corrected chi connectivity index (χ4v) is 8.12. The van der Waals surface area contributed by atoms with Crippen LogP contribution < -0.4 is 0 Å². The fourth-order valence-electron chi connectivity index (χ4n) is 8.12. The molecule has 4 rings (SSSR count). The number of nitrogens with zero attached hydrogens (tertiary/aromatic N) is 1. The van der Waals surface area contributed by atoms with Crippen LogP contribution in [0.15, 0.2) is 0 Å². The van der Waals surface area contributed by atoms with Crippen LogP contribution in [0.25, 0.3) is 0 Å². The van der Waals surface area contributed by atoms with Gasteiger partial charge in [-0.1, -0.05) is 20.8 Å². The Hall–Kier alpha value is -0.590. The topological polar surface area (TPSA) is 53.2 Å². The standard InChI is InChI=1S/C22H35NO2/c1-13-10-22(3)14(9-18(13)24)5-7-16-17-8-6-15(12-23)21(17,2)11-19(25-4)20(16)22/h13-20,24H,5-11H2,1-4H3/t13-,14+,15+,16+,17+,18+,19+,20-,21-,22+/m1/s1. The molecular weight excluding hydrogens is 310 g/mol. The number of methoxy groups -OCH3 is 1. The van der Waals surface area contributed by atoms with Gasteiger partial charge < -0.3 is 9.84 Å². The minimum absolute atomic E-state index is 0.126. The molecule has 0 spiro atoms. The molecule has 10 atom stereocenters. The highest BCUT2D eigenvalue weighted by Crippen LogP contribution is 2.68. The maximum Gasteiger partial charge on any atom is 0.0661 e. The van der Waals surface area contributed by atoms with E-state index in [0.29, 0.717) is 29.6 Å². The van der Waals surface area contributed by atoms with Gasteiger partial charge in [-0.05, 0) is 85.4 Å². The second-order valence-electron chi connectivity index (χ2n) is 10.3. The first-order valence-corrected chi connectivity index (χ1v) is 10.5. The van der Waals surface area contributed by atoms with Gasteiger partial charge in [0.15, 0.2) is 0 Å². The van der Waals surface area contributed by atoms with Crippen LogP contribution in [0, 0.1) is 57.7 Å². The highest BCUT2D eigenvalue weighted by atomic mass is 16.5. The summed E-state index contributed by atoms with van der Waals surface area (Å²) in [6.45, 7) is 7.11. The van der Waals surface area contributed by atoms with Crippen molar-refractivity contribution in [1.29, 1.82) is 5.26 Å². The molecule has 140 valence electrons. The summed E-state index contributed by atoms with van der Waals surface area (Å²) in [5.41, 5.74) is 0.424. The lowest BCUT2D eigenvalue weighted by molar-refractivity contribution is -0.191. The normalized spacial score (nSPS) is 57.9.